The summed E-state index contributed by atoms with van der Waals surface area (Å²) in [5.41, 5.74) is 0. The van der Waals surface area contributed by atoms with E-state index in [9.17, 15) is 19.0 Å². The minimum Gasteiger partial charge on any atom is -0.462 e. The molecule has 0 heterocycles. The summed E-state index contributed by atoms with van der Waals surface area (Å²) in [5.74, 6) is -0.798. The maximum atomic E-state index is 12.8. The van der Waals surface area contributed by atoms with E-state index < -0.39 is 26.5 Å². The maximum Gasteiger partial charge on any atom is 0.472 e. The molecule has 2 atom stereocenters. The second kappa shape index (κ2) is 62.2. The first-order valence-electron chi connectivity index (χ1n) is 34.5. The summed E-state index contributed by atoms with van der Waals surface area (Å²) < 4.78 is 34.7. The Kier molecular flexibility index (Phi) is 60.5. The van der Waals surface area contributed by atoms with E-state index in [2.05, 4.69) is 74.6 Å². The fourth-order valence-corrected chi connectivity index (χ4v) is 10.8. The second-order valence-electron chi connectivity index (χ2n) is 24.5. The van der Waals surface area contributed by atoms with Crippen molar-refractivity contribution in [2.45, 2.75) is 335 Å². The van der Waals surface area contributed by atoms with Crippen molar-refractivity contribution in [2.24, 2.45) is 0 Å². The van der Waals surface area contributed by atoms with Gasteiger partial charge < -0.3 is 18.9 Å². The Balaban J connectivity index is 3.99. The van der Waals surface area contributed by atoms with Gasteiger partial charge in [-0.3, -0.25) is 18.6 Å². The van der Waals surface area contributed by atoms with Gasteiger partial charge in [-0.1, -0.05) is 319 Å². The Morgan fingerprint density at radius 3 is 1.05 bits per heavy atom. The van der Waals surface area contributed by atoms with Crippen LogP contribution in [0.15, 0.2) is 60.8 Å². The van der Waals surface area contributed by atoms with Crippen LogP contribution >= 0.6 is 7.82 Å². The second-order valence-corrected chi connectivity index (χ2v) is 26.0. The molecule has 0 aromatic heterocycles. The van der Waals surface area contributed by atoms with Crippen molar-refractivity contribution < 1.29 is 42.1 Å². The molecule has 0 radical (unpaired) electrons. The lowest BCUT2D eigenvalue weighted by Gasteiger charge is -2.24. The smallest absolute Gasteiger partial charge is 0.462 e. The zero-order valence-electron chi connectivity index (χ0n) is 54.0. The number of esters is 2. The fraction of sp³-hybridized carbons (Fsp3) is 0.831. The number of carbonyl (C=O) groups is 2. The monoisotopic (exact) mass is 1160 g/mol. The summed E-state index contributed by atoms with van der Waals surface area (Å²) in [7, 11) is 1.48. The van der Waals surface area contributed by atoms with Gasteiger partial charge in [-0.25, -0.2) is 4.57 Å². The molecule has 0 bridgehead atoms. The van der Waals surface area contributed by atoms with Crippen LogP contribution in [-0.4, -0.2) is 74.9 Å². The summed E-state index contributed by atoms with van der Waals surface area (Å²) in [4.78, 5) is 35.8. The summed E-state index contributed by atoms with van der Waals surface area (Å²) >= 11 is 0. The molecule has 0 aliphatic rings. The van der Waals surface area contributed by atoms with Gasteiger partial charge in [0.05, 0.1) is 27.7 Å². The van der Waals surface area contributed by atoms with E-state index in [0.29, 0.717) is 17.4 Å². The standard InChI is InChI=1S/C71H132NO8P/c1-6-8-10-12-14-16-18-20-22-24-26-28-30-31-32-33-34-35-36-37-38-39-40-42-43-45-47-49-51-53-55-57-59-61-63-70(73)77-67-69(68-79-81(75,76)78-66-65-72(3,4)5)80-71(74)64-62-60-58-56-54-52-50-48-46-44-41-29-27-25-23-21-19-17-15-13-11-9-7-2/h9,11,15,17,21,23,27,29,44,46,69H,6-8,10,12-14,16,18-20,22,24-26,28,30-43,45,47-68H2,1-5H3/p+1/b11-9-,17-15-,23-21-,29-27-,46-44-. The van der Waals surface area contributed by atoms with Gasteiger partial charge in [0.2, 0.25) is 0 Å². The average molecular weight is 1160 g/mol. The molecule has 0 saturated carbocycles. The van der Waals surface area contributed by atoms with Crippen molar-refractivity contribution in [1.82, 2.24) is 0 Å². The lowest BCUT2D eigenvalue weighted by molar-refractivity contribution is -0.870. The third-order valence-corrected chi connectivity index (χ3v) is 16.3. The Bertz CT molecular complexity index is 1550. The third-order valence-electron chi connectivity index (χ3n) is 15.3. The van der Waals surface area contributed by atoms with Crippen LogP contribution in [0, 0.1) is 0 Å². The van der Waals surface area contributed by atoms with Crippen molar-refractivity contribution >= 4 is 19.8 Å². The summed E-state index contributed by atoms with van der Waals surface area (Å²) in [6, 6.07) is 0. The number of carbonyl (C=O) groups excluding carboxylic acids is 2. The lowest BCUT2D eigenvalue weighted by atomic mass is 10.0. The fourth-order valence-electron chi connectivity index (χ4n) is 10.0. The van der Waals surface area contributed by atoms with Gasteiger partial charge in [0.15, 0.2) is 6.10 Å². The zero-order chi connectivity index (χ0) is 59.1. The first-order chi connectivity index (χ1) is 39.5. The molecular formula is C71H133NO8P+. The lowest BCUT2D eigenvalue weighted by Crippen LogP contribution is -2.37. The number of hydrogen-bond donors (Lipinski definition) is 1. The highest BCUT2D eigenvalue weighted by atomic mass is 31.2. The number of unbranched alkanes of at least 4 members (excludes halogenated alkanes) is 40. The predicted molar refractivity (Wildman–Crippen MR) is 349 cm³/mol. The molecule has 0 amide bonds. The topological polar surface area (TPSA) is 108 Å². The van der Waals surface area contributed by atoms with E-state index in [1.54, 1.807) is 0 Å². The van der Waals surface area contributed by atoms with Gasteiger partial charge in [-0.05, 0) is 57.8 Å². The van der Waals surface area contributed by atoms with Gasteiger partial charge in [-0.15, -0.1) is 0 Å². The molecule has 0 spiro atoms. The third kappa shape index (κ3) is 66.7. The van der Waals surface area contributed by atoms with Gasteiger partial charge in [0, 0.05) is 12.8 Å². The molecule has 0 aromatic carbocycles. The minimum absolute atomic E-state index is 0.0285. The molecule has 474 valence electrons. The number of likely N-dealkylation sites (N-methyl/N-ethyl adjacent to an activating group) is 1. The van der Waals surface area contributed by atoms with Crippen LogP contribution in [0.1, 0.15) is 328 Å². The first-order valence-corrected chi connectivity index (χ1v) is 36.0. The number of allylic oxidation sites excluding steroid dienone is 10. The summed E-state index contributed by atoms with van der Waals surface area (Å²) in [6.07, 6.45) is 81.9. The van der Waals surface area contributed by atoms with Crippen LogP contribution in [0.2, 0.25) is 0 Å². The largest absolute Gasteiger partial charge is 0.472 e. The number of nitrogens with zero attached hydrogens (tertiary/aromatic N) is 1. The highest BCUT2D eigenvalue weighted by Crippen LogP contribution is 2.43. The molecule has 0 fully saturated rings. The molecule has 81 heavy (non-hydrogen) atoms. The van der Waals surface area contributed by atoms with Crippen LogP contribution < -0.4 is 0 Å². The maximum absolute atomic E-state index is 12.8. The molecule has 1 N–H and O–H groups in total. The molecule has 0 aliphatic carbocycles. The Morgan fingerprint density at radius 2 is 0.704 bits per heavy atom. The van der Waals surface area contributed by atoms with E-state index in [0.717, 1.165) is 77.0 Å². The average Bonchev–Trinajstić information content (AvgIpc) is 3.43. The number of ether oxygens (including phenoxy) is 2. The van der Waals surface area contributed by atoms with E-state index >= 15 is 0 Å². The van der Waals surface area contributed by atoms with Crippen molar-refractivity contribution in [3.05, 3.63) is 60.8 Å². The molecule has 2 unspecified atom stereocenters. The number of hydrogen-bond acceptors (Lipinski definition) is 7. The highest BCUT2D eigenvalue weighted by molar-refractivity contribution is 7.47. The van der Waals surface area contributed by atoms with Crippen molar-refractivity contribution in [3.63, 3.8) is 0 Å². The Labute approximate surface area is 502 Å². The van der Waals surface area contributed by atoms with Crippen LogP contribution in [0.4, 0.5) is 0 Å². The van der Waals surface area contributed by atoms with Crippen LogP contribution in [0.5, 0.6) is 0 Å². The number of rotatable bonds is 64. The van der Waals surface area contributed by atoms with Gasteiger partial charge in [0.25, 0.3) is 0 Å². The van der Waals surface area contributed by atoms with Gasteiger partial charge in [0.1, 0.15) is 19.8 Å². The first kappa shape index (κ1) is 78.7. The zero-order valence-corrected chi connectivity index (χ0v) is 54.9. The van der Waals surface area contributed by atoms with E-state index in [1.165, 1.54) is 218 Å². The summed E-state index contributed by atoms with van der Waals surface area (Å²) in [5, 5.41) is 0. The number of phosphoric ester groups is 1. The number of phosphoric acid groups is 1. The van der Waals surface area contributed by atoms with E-state index in [1.807, 2.05) is 21.1 Å². The van der Waals surface area contributed by atoms with E-state index in [-0.39, 0.29) is 32.0 Å². The summed E-state index contributed by atoms with van der Waals surface area (Å²) in [6.45, 7) is 4.35. The predicted octanol–water partition coefficient (Wildman–Crippen LogP) is 22.2. The van der Waals surface area contributed by atoms with Gasteiger partial charge in [-0.2, -0.15) is 0 Å². The van der Waals surface area contributed by atoms with Crippen LogP contribution in [0.3, 0.4) is 0 Å². The van der Waals surface area contributed by atoms with Crippen LogP contribution in [0.25, 0.3) is 0 Å². The van der Waals surface area contributed by atoms with Crippen molar-refractivity contribution in [2.75, 3.05) is 47.5 Å². The highest BCUT2D eigenvalue weighted by Gasteiger charge is 2.27. The minimum atomic E-state index is -4.39. The molecule has 0 aliphatic heterocycles. The molecular weight excluding hydrogens is 1030 g/mol. The normalized spacial score (nSPS) is 13.5. The quantitative estimate of drug-likeness (QED) is 0.0211. The van der Waals surface area contributed by atoms with Gasteiger partial charge >= 0.3 is 19.8 Å². The van der Waals surface area contributed by atoms with Crippen LogP contribution in [-0.2, 0) is 32.7 Å². The van der Waals surface area contributed by atoms with Crippen molar-refractivity contribution in [3.8, 4) is 0 Å². The SMILES string of the molecule is CC/C=C\C/C=C\C/C=C\C/C=C\C/C=C\CCCCCCCCCC(=O)OC(COC(=O)CCCCCCCCCCCCCCCCCCCCCCCCCCCCCCCCCCCC)COP(=O)(O)OCC[N+](C)(C)C. The van der Waals surface area contributed by atoms with Crippen molar-refractivity contribution in [1.29, 1.82) is 0 Å². The Morgan fingerprint density at radius 1 is 0.395 bits per heavy atom. The number of quaternary nitrogens is 1. The molecule has 10 heteroatoms. The molecule has 0 aromatic rings. The molecule has 9 nitrogen and oxygen atoms in total. The molecule has 0 saturated heterocycles. The molecule has 0 rings (SSSR count). The Hall–Kier alpha value is -2.29. The van der Waals surface area contributed by atoms with E-state index in [4.69, 9.17) is 18.5 Å².